The minimum Gasteiger partial charge on any atom is -0.445 e. The molecule has 0 bridgehead atoms. The topological polar surface area (TPSA) is 94.8 Å². The summed E-state index contributed by atoms with van der Waals surface area (Å²) in [5, 5.41) is 3.18. The standard InChI is InChI=1S/C25H27NO6/c1-4-9-19(26-25(29)30-15-17-10-7-6-8-11-17)24(28)32-21-13-16(3)12-20-23(21)18(5-2)14-22(27)31-20/h6-8,10-14,19H,4-5,9,15H2,1-3H3,(H,26,29)/t19-/m0/s1. The number of carbonyl (C=O) groups excluding carboxylic acids is 2. The monoisotopic (exact) mass is 437 g/mol. The van der Waals surface area contributed by atoms with Crippen LogP contribution in [0.1, 0.15) is 43.4 Å². The quantitative estimate of drug-likeness (QED) is 0.313. The molecule has 3 rings (SSSR count). The summed E-state index contributed by atoms with van der Waals surface area (Å²) in [4.78, 5) is 37.1. The van der Waals surface area contributed by atoms with Crippen molar-refractivity contribution in [2.75, 3.05) is 0 Å². The number of carbonyl (C=O) groups is 2. The Morgan fingerprint density at radius 2 is 1.84 bits per heavy atom. The lowest BCUT2D eigenvalue weighted by Crippen LogP contribution is -2.43. The van der Waals surface area contributed by atoms with Crippen molar-refractivity contribution in [1.82, 2.24) is 5.32 Å². The van der Waals surface area contributed by atoms with Gasteiger partial charge in [-0.1, -0.05) is 50.6 Å². The van der Waals surface area contributed by atoms with Gasteiger partial charge in [-0.3, -0.25) is 0 Å². The molecule has 2 aromatic carbocycles. The first kappa shape index (κ1) is 23.1. The Morgan fingerprint density at radius 1 is 1.09 bits per heavy atom. The van der Waals surface area contributed by atoms with E-state index in [0.717, 1.165) is 16.7 Å². The minimum absolute atomic E-state index is 0.0992. The second-order valence-corrected chi connectivity index (χ2v) is 7.55. The fourth-order valence-electron chi connectivity index (χ4n) is 3.45. The van der Waals surface area contributed by atoms with Crippen LogP contribution < -0.4 is 15.7 Å². The molecule has 1 atom stereocenters. The average molecular weight is 437 g/mol. The van der Waals surface area contributed by atoms with E-state index in [-0.39, 0.29) is 6.61 Å². The molecule has 0 radical (unpaired) electrons. The van der Waals surface area contributed by atoms with Crippen LogP contribution in [0.15, 0.2) is 57.7 Å². The third kappa shape index (κ3) is 5.75. The molecule has 0 aliphatic carbocycles. The number of alkyl carbamates (subject to hydrolysis) is 1. The predicted octanol–water partition coefficient (Wildman–Crippen LogP) is 4.66. The van der Waals surface area contributed by atoms with Crippen molar-refractivity contribution in [3.63, 3.8) is 0 Å². The van der Waals surface area contributed by atoms with Gasteiger partial charge in [0.2, 0.25) is 0 Å². The average Bonchev–Trinajstić information content (AvgIpc) is 2.77. The second kappa shape index (κ2) is 10.6. The van der Waals surface area contributed by atoms with E-state index in [9.17, 15) is 14.4 Å². The number of fused-ring (bicyclic) bond motifs is 1. The summed E-state index contributed by atoms with van der Waals surface area (Å²) in [6.45, 7) is 5.73. The minimum atomic E-state index is -0.875. The van der Waals surface area contributed by atoms with E-state index in [1.165, 1.54) is 6.07 Å². The Balaban J connectivity index is 1.78. The molecule has 1 aromatic heterocycles. The number of amides is 1. The first-order chi connectivity index (χ1) is 15.4. The van der Waals surface area contributed by atoms with Crippen LogP contribution >= 0.6 is 0 Å². The normalized spacial score (nSPS) is 11.7. The van der Waals surface area contributed by atoms with Crippen LogP contribution in [0.3, 0.4) is 0 Å². The van der Waals surface area contributed by atoms with Gasteiger partial charge in [-0.2, -0.15) is 0 Å². The fourth-order valence-corrected chi connectivity index (χ4v) is 3.45. The molecule has 0 saturated heterocycles. The number of ether oxygens (including phenoxy) is 2. The lowest BCUT2D eigenvalue weighted by molar-refractivity contribution is -0.136. The van der Waals surface area contributed by atoms with Crippen LogP contribution in [-0.4, -0.2) is 18.1 Å². The zero-order valence-corrected chi connectivity index (χ0v) is 18.5. The van der Waals surface area contributed by atoms with Crippen molar-refractivity contribution < 1.29 is 23.5 Å². The largest absolute Gasteiger partial charge is 0.445 e. The van der Waals surface area contributed by atoms with Crippen LogP contribution in [0, 0.1) is 6.92 Å². The molecule has 0 unspecified atom stereocenters. The Kier molecular flexibility index (Phi) is 7.65. The van der Waals surface area contributed by atoms with Gasteiger partial charge < -0.3 is 19.2 Å². The molecule has 0 fully saturated rings. The van der Waals surface area contributed by atoms with Gasteiger partial charge in [-0.25, -0.2) is 14.4 Å². The fraction of sp³-hybridized carbons (Fsp3) is 0.320. The van der Waals surface area contributed by atoms with E-state index in [0.29, 0.717) is 36.0 Å². The number of hydrogen-bond acceptors (Lipinski definition) is 6. The number of rotatable bonds is 8. The van der Waals surface area contributed by atoms with Crippen molar-refractivity contribution in [3.8, 4) is 5.75 Å². The maximum absolute atomic E-state index is 12.9. The van der Waals surface area contributed by atoms with Crippen molar-refractivity contribution >= 4 is 23.0 Å². The highest BCUT2D eigenvalue weighted by atomic mass is 16.6. The third-order valence-corrected chi connectivity index (χ3v) is 4.99. The smallest absolute Gasteiger partial charge is 0.408 e. The van der Waals surface area contributed by atoms with Crippen LogP contribution in [-0.2, 0) is 22.6 Å². The first-order valence-corrected chi connectivity index (χ1v) is 10.7. The van der Waals surface area contributed by atoms with E-state index >= 15 is 0 Å². The van der Waals surface area contributed by atoms with Crippen LogP contribution in [0.4, 0.5) is 4.79 Å². The van der Waals surface area contributed by atoms with Crippen molar-refractivity contribution in [2.45, 2.75) is 52.7 Å². The van der Waals surface area contributed by atoms with Crippen molar-refractivity contribution in [3.05, 3.63) is 75.6 Å². The Labute approximate surface area is 186 Å². The molecular weight excluding hydrogens is 410 g/mol. The second-order valence-electron chi connectivity index (χ2n) is 7.55. The number of aryl methyl sites for hydroxylation is 2. The van der Waals surface area contributed by atoms with Crippen LogP contribution in [0.2, 0.25) is 0 Å². The summed E-state index contributed by atoms with van der Waals surface area (Å²) >= 11 is 0. The van der Waals surface area contributed by atoms with E-state index < -0.39 is 23.7 Å². The molecule has 1 N–H and O–H groups in total. The molecule has 1 amide bonds. The summed E-state index contributed by atoms with van der Waals surface area (Å²) in [6, 6.07) is 13.2. The van der Waals surface area contributed by atoms with Crippen molar-refractivity contribution in [1.29, 1.82) is 0 Å². The van der Waals surface area contributed by atoms with Crippen LogP contribution in [0.25, 0.3) is 11.0 Å². The molecule has 3 aromatic rings. The zero-order chi connectivity index (χ0) is 23.1. The van der Waals surface area contributed by atoms with Gasteiger partial charge in [0.15, 0.2) is 0 Å². The van der Waals surface area contributed by atoms with Gasteiger partial charge in [0, 0.05) is 6.07 Å². The van der Waals surface area contributed by atoms with Gasteiger partial charge in [-0.05, 0) is 48.6 Å². The Bertz CT molecular complexity index is 1150. The summed E-state index contributed by atoms with van der Waals surface area (Å²) in [7, 11) is 0. The first-order valence-electron chi connectivity index (χ1n) is 10.7. The lowest BCUT2D eigenvalue weighted by Gasteiger charge is -2.18. The highest BCUT2D eigenvalue weighted by Crippen LogP contribution is 2.30. The zero-order valence-electron chi connectivity index (χ0n) is 18.5. The molecule has 32 heavy (non-hydrogen) atoms. The van der Waals surface area contributed by atoms with Crippen LogP contribution in [0.5, 0.6) is 5.75 Å². The third-order valence-electron chi connectivity index (χ3n) is 4.99. The van der Waals surface area contributed by atoms with E-state index in [1.807, 2.05) is 51.1 Å². The summed E-state index contributed by atoms with van der Waals surface area (Å²) in [6.07, 6.45) is 0.915. The molecule has 168 valence electrons. The lowest BCUT2D eigenvalue weighted by atomic mass is 10.0. The number of hydrogen-bond donors (Lipinski definition) is 1. The Morgan fingerprint density at radius 3 is 2.53 bits per heavy atom. The molecule has 7 heteroatoms. The van der Waals surface area contributed by atoms with E-state index in [1.54, 1.807) is 12.1 Å². The number of benzene rings is 2. The van der Waals surface area contributed by atoms with Gasteiger partial charge in [0.05, 0.1) is 5.39 Å². The van der Waals surface area contributed by atoms with Gasteiger partial charge in [0.25, 0.3) is 0 Å². The Hall–Kier alpha value is -3.61. The highest BCUT2D eigenvalue weighted by Gasteiger charge is 2.24. The van der Waals surface area contributed by atoms with E-state index in [2.05, 4.69) is 5.32 Å². The van der Waals surface area contributed by atoms with E-state index in [4.69, 9.17) is 13.9 Å². The molecular formula is C25H27NO6. The van der Waals surface area contributed by atoms with Gasteiger partial charge >= 0.3 is 17.7 Å². The summed E-state index contributed by atoms with van der Waals surface area (Å²) in [5.74, 6) is -0.310. The summed E-state index contributed by atoms with van der Waals surface area (Å²) in [5.41, 5.74) is 2.25. The molecule has 0 spiro atoms. The summed E-state index contributed by atoms with van der Waals surface area (Å²) < 4.78 is 16.3. The highest BCUT2D eigenvalue weighted by molar-refractivity contribution is 5.91. The molecule has 7 nitrogen and oxygen atoms in total. The van der Waals surface area contributed by atoms with Gasteiger partial charge in [0.1, 0.15) is 24.0 Å². The SMILES string of the molecule is CCC[C@H](NC(=O)OCc1ccccc1)C(=O)Oc1cc(C)cc2oc(=O)cc(CC)c12. The predicted molar refractivity (Wildman–Crippen MR) is 121 cm³/mol. The van der Waals surface area contributed by atoms with Crippen molar-refractivity contribution in [2.24, 2.45) is 0 Å². The molecule has 0 saturated carbocycles. The maximum Gasteiger partial charge on any atom is 0.408 e. The molecule has 1 heterocycles. The number of nitrogens with one attached hydrogen (secondary N) is 1. The number of esters is 1. The molecule has 0 aliphatic heterocycles. The maximum atomic E-state index is 12.9. The molecule has 0 aliphatic rings. The van der Waals surface area contributed by atoms with Gasteiger partial charge in [-0.15, -0.1) is 0 Å².